The molecule has 0 saturated heterocycles. The Morgan fingerprint density at radius 2 is 1.80 bits per heavy atom. The van der Waals surface area contributed by atoms with Gasteiger partial charge < -0.3 is 14.7 Å². The van der Waals surface area contributed by atoms with Crippen molar-refractivity contribution in [3.8, 4) is 0 Å². The van der Waals surface area contributed by atoms with Crippen LogP contribution in [0.15, 0.2) is 77.7 Å². The summed E-state index contributed by atoms with van der Waals surface area (Å²) >= 11 is 1.48. The molecule has 3 rings (SSSR count). The highest BCUT2D eigenvalue weighted by molar-refractivity contribution is 8.04. The van der Waals surface area contributed by atoms with Crippen molar-refractivity contribution in [3.05, 3.63) is 78.4 Å². The third-order valence-corrected chi connectivity index (χ3v) is 7.75. The summed E-state index contributed by atoms with van der Waals surface area (Å²) in [6, 6.07) is 23.7. The second-order valence-corrected chi connectivity index (χ2v) is 9.76. The molecule has 0 bridgehead atoms. The molecule has 156 valence electrons. The van der Waals surface area contributed by atoms with Crippen molar-refractivity contribution in [1.29, 1.82) is 0 Å². The van der Waals surface area contributed by atoms with Crippen LogP contribution in [0.2, 0.25) is 0 Å². The van der Waals surface area contributed by atoms with E-state index >= 15 is 0 Å². The molecule has 0 heterocycles. The highest BCUT2D eigenvalue weighted by Crippen LogP contribution is 2.34. The molecule has 0 aliphatic carbocycles. The lowest BCUT2D eigenvalue weighted by molar-refractivity contribution is -0.159. The molecule has 1 N–H and O–H groups in total. The van der Waals surface area contributed by atoms with E-state index in [0.717, 1.165) is 21.2 Å². The highest BCUT2D eigenvalue weighted by atomic mass is 32.2. The van der Waals surface area contributed by atoms with Crippen LogP contribution in [0.25, 0.3) is 10.8 Å². The van der Waals surface area contributed by atoms with Gasteiger partial charge in [-0.15, -0.1) is 0 Å². The first-order valence-electron chi connectivity index (χ1n) is 9.86. The first-order valence-corrected chi connectivity index (χ1v) is 12.4. The van der Waals surface area contributed by atoms with E-state index in [1.807, 2.05) is 72.8 Å². The average Bonchev–Trinajstić information content (AvgIpc) is 2.76. The van der Waals surface area contributed by atoms with E-state index in [1.165, 1.54) is 17.6 Å². The number of aliphatic carboxylic acids is 1. The van der Waals surface area contributed by atoms with Crippen molar-refractivity contribution in [3.63, 3.8) is 0 Å². The monoisotopic (exact) mass is 440 g/mol. The normalized spacial score (nSPS) is 13.9. The van der Waals surface area contributed by atoms with Gasteiger partial charge in [-0.1, -0.05) is 78.5 Å². The van der Waals surface area contributed by atoms with Crippen LogP contribution in [-0.2, 0) is 16.0 Å². The van der Waals surface area contributed by atoms with Gasteiger partial charge in [0.1, 0.15) is 5.80 Å². The van der Waals surface area contributed by atoms with Crippen LogP contribution in [-0.4, -0.2) is 34.6 Å². The van der Waals surface area contributed by atoms with Gasteiger partial charge in [-0.05, 0) is 42.2 Å². The summed E-state index contributed by atoms with van der Waals surface area (Å²) in [5.41, 5.74) is -0.231. The van der Waals surface area contributed by atoms with Gasteiger partial charge in [-0.25, -0.2) is 4.79 Å². The number of thioether (sulfide) groups is 1. The second-order valence-electron chi connectivity index (χ2n) is 6.91. The maximum absolute atomic E-state index is 12.9. The van der Waals surface area contributed by atoms with Crippen LogP contribution in [0.1, 0.15) is 18.9 Å². The number of benzene rings is 3. The van der Waals surface area contributed by atoms with Crippen molar-refractivity contribution >= 4 is 42.1 Å². The number of carbonyl (C=O) groups is 1. The average molecular weight is 441 g/mol. The van der Waals surface area contributed by atoms with Crippen molar-refractivity contribution in [2.75, 3.05) is 12.1 Å². The third kappa shape index (κ3) is 5.71. The zero-order chi connectivity index (χ0) is 21.4. The number of carboxylic acids is 1. The molecule has 0 aromatic heterocycles. The van der Waals surface area contributed by atoms with Crippen LogP contribution in [0.4, 0.5) is 0 Å². The van der Waals surface area contributed by atoms with Crippen molar-refractivity contribution in [2.45, 2.75) is 30.3 Å². The summed E-state index contributed by atoms with van der Waals surface area (Å²) in [6.07, 6.45) is 0.767. The number of hydrogen-bond donors (Lipinski definition) is 1. The minimum atomic E-state index is -1.89. The number of fused-ring (bicyclic) bond motifs is 1. The van der Waals surface area contributed by atoms with E-state index in [4.69, 9.17) is 4.74 Å². The third-order valence-electron chi connectivity index (χ3n) is 4.84. The van der Waals surface area contributed by atoms with Crippen LogP contribution < -0.4 is 4.89 Å². The van der Waals surface area contributed by atoms with Crippen LogP contribution in [0.3, 0.4) is 0 Å². The minimum absolute atomic E-state index is 0.233. The highest BCUT2D eigenvalue weighted by Gasteiger charge is 2.40. The van der Waals surface area contributed by atoms with Gasteiger partial charge >= 0.3 is 5.97 Å². The van der Waals surface area contributed by atoms with E-state index < -0.39 is 19.3 Å². The van der Waals surface area contributed by atoms with E-state index in [2.05, 4.69) is 0 Å². The number of hydrogen-bond acceptors (Lipinski definition) is 4. The van der Waals surface area contributed by atoms with Crippen LogP contribution in [0, 0.1) is 0 Å². The molecular weight excluding hydrogens is 415 g/mol. The Labute approximate surface area is 182 Å². The summed E-state index contributed by atoms with van der Waals surface area (Å²) in [5, 5.41) is 12.1. The van der Waals surface area contributed by atoms with Crippen molar-refractivity contribution in [1.82, 2.24) is 0 Å². The predicted molar refractivity (Wildman–Crippen MR) is 124 cm³/mol. The van der Waals surface area contributed by atoms with E-state index in [1.54, 1.807) is 6.92 Å². The first-order chi connectivity index (χ1) is 14.5. The Morgan fingerprint density at radius 1 is 1.10 bits per heavy atom. The summed E-state index contributed by atoms with van der Waals surface area (Å²) in [6.45, 7) is 1.99. The number of ether oxygens (including phenoxy) is 1. The molecule has 3 aromatic rings. The molecule has 0 aliphatic heterocycles. The summed E-state index contributed by atoms with van der Waals surface area (Å²) in [4.78, 5) is 26.0. The Balaban J connectivity index is 1.78. The maximum atomic E-state index is 12.9. The number of rotatable bonds is 10. The maximum Gasteiger partial charge on any atom is 0.344 e. The molecule has 0 amide bonds. The fraction of sp³-hybridized carbons (Fsp3) is 0.250. The lowest BCUT2D eigenvalue weighted by Crippen LogP contribution is -2.44. The smallest absolute Gasteiger partial charge is 0.344 e. The predicted octanol–water partition coefficient (Wildman–Crippen LogP) is 4.94. The Hall–Kier alpha value is -2.17. The Morgan fingerprint density at radius 3 is 2.53 bits per heavy atom. The standard InChI is InChI=1S/C24H25O4PS/c1-2-28-24(23(25)26,16-15-19-9-4-3-5-10-19)17-29(27)18-30-22-14-8-12-20-11-6-7-13-21(20)22/h3-14,17H,2,15-16,18H2,1H3,(H,25,26). The second kappa shape index (κ2) is 10.7. The Bertz CT molecular complexity index is 1020. The lowest BCUT2D eigenvalue weighted by Gasteiger charge is -2.24. The van der Waals surface area contributed by atoms with Gasteiger partial charge in [0.15, 0.2) is 5.49 Å². The molecule has 0 aliphatic rings. The zero-order valence-corrected chi connectivity index (χ0v) is 18.6. The van der Waals surface area contributed by atoms with Gasteiger partial charge in [-0.2, -0.15) is 0 Å². The summed E-state index contributed by atoms with van der Waals surface area (Å²) < 4.78 is 5.66. The van der Waals surface area contributed by atoms with Crippen LogP contribution in [0.5, 0.6) is 0 Å². The molecule has 0 saturated carbocycles. The van der Waals surface area contributed by atoms with Gasteiger partial charge in [0.2, 0.25) is 5.60 Å². The number of aryl methyl sites for hydroxylation is 1. The van der Waals surface area contributed by atoms with Gasteiger partial charge in [0.05, 0.1) is 7.77 Å². The minimum Gasteiger partial charge on any atom is -0.630 e. The van der Waals surface area contributed by atoms with Crippen molar-refractivity contribution < 1.29 is 19.5 Å². The molecule has 4 nitrogen and oxygen atoms in total. The zero-order valence-electron chi connectivity index (χ0n) is 16.9. The van der Waals surface area contributed by atoms with E-state index in [9.17, 15) is 14.8 Å². The van der Waals surface area contributed by atoms with Crippen molar-refractivity contribution in [2.24, 2.45) is 0 Å². The fourth-order valence-corrected chi connectivity index (χ4v) is 6.01. The summed E-state index contributed by atoms with van der Waals surface area (Å²) in [5.74, 6) is 0.300. The van der Waals surface area contributed by atoms with E-state index in [0.29, 0.717) is 11.9 Å². The Kier molecular flexibility index (Phi) is 8.06. The van der Waals surface area contributed by atoms with Crippen LogP contribution >= 0.6 is 19.5 Å². The van der Waals surface area contributed by atoms with Gasteiger partial charge in [0, 0.05) is 11.5 Å². The molecule has 30 heavy (non-hydrogen) atoms. The fourth-order valence-electron chi connectivity index (χ4n) is 3.35. The van der Waals surface area contributed by atoms with Gasteiger partial charge in [-0.3, -0.25) is 0 Å². The molecule has 0 fully saturated rings. The molecule has 2 atom stereocenters. The number of carboxylic acid groups (broad SMARTS) is 1. The molecule has 3 aromatic carbocycles. The molecular formula is C24H25O4PS. The largest absolute Gasteiger partial charge is 0.630 e. The molecule has 0 spiro atoms. The first kappa shape index (κ1) is 22.5. The molecule has 6 heteroatoms. The van der Waals surface area contributed by atoms with Gasteiger partial charge in [0.25, 0.3) is 0 Å². The summed E-state index contributed by atoms with van der Waals surface area (Å²) in [7, 11) is -1.89. The topological polar surface area (TPSA) is 69.6 Å². The quantitative estimate of drug-likeness (QED) is 0.357. The molecule has 0 radical (unpaired) electrons. The SMILES string of the molecule is CCOC(C=[P+]([O-])CSc1cccc2ccccc12)(CCc1ccccc1)C(=O)O. The lowest BCUT2D eigenvalue weighted by atomic mass is 9.96. The van der Waals surface area contributed by atoms with E-state index in [-0.39, 0.29) is 13.0 Å². The molecule has 2 unspecified atom stereocenters.